The van der Waals surface area contributed by atoms with Crippen molar-refractivity contribution in [1.29, 1.82) is 5.26 Å². The Morgan fingerprint density at radius 2 is 2.12 bits per heavy atom. The molecule has 3 aromatic heterocycles. The average molecular weight is 492 g/mol. The van der Waals surface area contributed by atoms with Crippen LogP contribution in [-0.4, -0.2) is 21.9 Å². The first-order chi connectivity index (χ1) is 15.8. The Bertz CT molecular complexity index is 1220. The van der Waals surface area contributed by atoms with Gasteiger partial charge in [-0.3, -0.25) is 4.79 Å². The normalized spacial score (nSPS) is 20.2. The lowest BCUT2D eigenvalue weighted by atomic mass is 10.0. The Morgan fingerprint density at radius 3 is 2.85 bits per heavy atom. The third kappa shape index (κ3) is 4.13. The Labute approximate surface area is 196 Å². The molecular weight excluding hydrogens is 471 g/mol. The fourth-order valence-corrected chi connectivity index (χ4v) is 6.50. The molecule has 33 heavy (non-hydrogen) atoms. The minimum absolute atomic E-state index is 0.119. The van der Waals surface area contributed by atoms with E-state index in [1.165, 1.54) is 28.7 Å². The maximum absolute atomic E-state index is 13.8. The topological polar surface area (TPSA) is 82.7 Å². The van der Waals surface area contributed by atoms with Gasteiger partial charge in [-0.15, -0.1) is 22.7 Å². The molecule has 0 spiro atoms. The second kappa shape index (κ2) is 8.50. The number of nitrogens with one attached hydrogen (secondary N) is 2. The van der Waals surface area contributed by atoms with Crippen molar-refractivity contribution in [3.05, 3.63) is 50.2 Å². The number of rotatable bonds is 3. The molecule has 2 N–H and O–H groups in total. The standard InChI is InChI=1S/C22H20F3N5OS2/c23-22(24,25)18-9-14(17-7-4-8-32-17)27-19-10-15(29-30(18)19)20(31)28-21-13(11-26)12-5-2-1-3-6-16(12)33-21/h4,7-8,10,14,18,27H,1-3,5-6,9H2,(H,28,31). The number of carbonyl (C=O) groups is 1. The molecule has 1 aliphatic heterocycles. The lowest BCUT2D eigenvalue weighted by Crippen LogP contribution is -2.35. The number of hydrogen-bond donors (Lipinski definition) is 2. The monoisotopic (exact) mass is 491 g/mol. The van der Waals surface area contributed by atoms with E-state index in [2.05, 4.69) is 21.8 Å². The number of nitriles is 1. The highest BCUT2D eigenvalue weighted by Gasteiger charge is 2.47. The fourth-order valence-electron chi connectivity index (χ4n) is 4.48. The van der Waals surface area contributed by atoms with E-state index < -0.39 is 24.2 Å². The number of alkyl halides is 3. The molecule has 2 aliphatic rings. The van der Waals surface area contributed by atoms with Crippen molar-refractivity contribution in [3.63, 3.8) is 0 Å². The summed E-state index contributed by atoms with van der Waals surface area (Å²) in [7, 11) is 0. The number of fused-ring (bicyclic) bond motifs is 2. The van der Waals surface area contributed by atoms with Crippen LogP contribution in [0.2, 0.25) is 0 Å². The summed E-state index contributed by atoms with van der Waals surface area (Å²) < 4.78 is 42.4. The van der Waals surface area contributed by atoms with Crippen LogP contribution in [0.1, 0.15) is 69.1 Å². The first-order valence-corrected chi connectivity index (χ1v) is 12.4. The minimum atomic E-state index is -4.51. The molecule has 0 saturated heterocycles. The zero-order valence-electron chi connectivity index (χ0n) is 17.4. The SMILES string of the molecule is N#Cc1c(NC(=O)c2cc3n(n2)C(C(F)(F)F)CC(c2cccs2)N3)sc2c1CCCCC2. The molecule has 0 aromatic carbocycles. The zero-order valence-corrected chi connectivity index (χ0v) is 19.0. The molecule has 0 radical (unpaired) electrons. The quantitative estimate of drug-likeness (QED) is 0.437. The van der Waals surface area contributed by atoms with Gasteiger partial charge in [0.05, 0.1) is 11.6 Å². The van der Waals surface area contributed by atoms with Gasteiger partial charge in [0.15, 0.2) is 11.7 Å². The molecule has 11 heteroatoms. The molecule has 0 saturated carbocycles. The highest BCUT2D eigenvalue weighted by Crippen LogP contribution is 2.44. The van der Waals surface area contributed by atoms with Crippen molar-refractivity contribution < 1.29 is 18.0 Å². The third-order valence-electron chi connectivity index (χ3n) is 6.07. The first kappa shape index (κ1) is 22.0. The number of nitrogens with zero attached hydrogens (tertiary/aromatic N) is 3. The van der Waals surface area contributed by atoms with Crippen LogP contribution in [0.5, 0.6) is 0 Å². The molecule has 2 atom stereocenters. The second-order valence-electron chi connectivity index (χ2n) is 8.20. The maximum atomic E-state index is 13.8. The van der Waals surface area contributed by atoms with Crippen LogP contribution >= 0.6 is 22.7 Å². The highest BCUT2D eigenvalue weighted by molar-refractivity contribution is 7.16. The summed E-state index contributed by atoms with van der Waals surface area (Å²) in [4.78, 5) is 14.8. The van der Waals surface area contributed by atoms with Crippen LogP contribution in [0, 0.1) is 11.3 Å². The minimum Gasteiger partial charge on any atom is -0.363 e. The van der Waals surface area contributed by atoms with Crippen molar-refractivity contribution in [1.82, 2.24) is 9.78 Å². The van der Waals surface area contributed by atoms with E-state index in [0.717, 1.165) is 52.1 Å². The molecule has 4 heterocycles. The van der Waals surface area contributed by atoms with Gasteiger partial charge in [0.2, 0.25) is 0 Å². The molecule has 2 unspecified atom stereocenters. The number of hydrogen-bond acceptors (Lipinski definition) is 6. The summed E-state index contributed by atoms with van der Waals surface area (Å²) >= 11 is 2.76. The van der Waals surface area contributed by atoms with Crippen molar-refractivity contribution in [2.75, 3.05) is 10.6 Å². The van der Waals surface area contributed by atoms with Gasteiger partial charge in [0.1, 0.15) is 16.9 Å². The highest BCUT2D eigenvalue weighted by atomic mass is 32.1. The Hall–Kier alpha value is -2.84. The molecule has 6 nitrogen and oxygen atoms in total. The molecule has 172 valence electrons. The number of carbonyl (C=O) groups excluding carboxylic acids is 1. The summed E-state index contributed by atoms with van der Waals surface area (Å²) in [5.41, 5.74) is 1.32. The van der Waals surface area contributed by atoms with Gasteiger partial charge in [-0.1, -0.05) is 12.5 Å². The van der Waals surface area contributed by atoms with Crippen molar-refractivity contribution >= 4 is 39.4 Å². The molecule has 3 aromatic rings. The average Bonchev–Trinajstić information content (AvgIpc) is 3.48. The van der Waals surface area contributed by atoms with E-state index in [9.17, 15) is 23.2 Å². The lowest BCUT2D eigenvalue weighted by Gasteiger charge is -2.32. The number of halogens is 3. The number of thiophene rings is 2. The van der Waals surface area contributed by atoms with Crippen molar-refractivity contribution in [3.8, 4) is 6.07 Å². The van der Waals surface area contributed by atoms with Gasteiger partial charge < -0.3 is 10.6 Å². The zero-order chi connectivity index (χ0) is 23.2. The van der Waals surface area contributed by atoms with E-state index in [4.69, 9.17) is 0 Å². The Balaban J connectivity index is 1.44. The van der Waals surface area contributed by atoms with Crippen molar-refractivity contribution in [2.24, 2.45) is 0 Å². The lowest BCUT2D eigenvalue weighted by molar-refractivity contribution is -0.173. The first-order valence-electron chi connectivity index (χ1n) is 10.7. The van der Waals surface area contributed by atoms with E-state index in [-0.39, 0.29) is 17.9 Å². The van der Waals surface area contributed by atoms with E-state index in [1.54, 1.807) is 12.1 Å². The molecule has 5 rings (SSSR count). The summed E-state index contributed by atoms with van der Waals surface area (Å²) in [5.74, 6) is -0.477. The van der Waals surface area contributed by atoms with Gasteiger partial charge >= 0.3 is 6.18 Å². The maximum Gasteiger partial charge on any atom is 0.410 e. The summed E-state index contributed by atoms with van der Waals surface area (Å²) in [6.07, 6.45) is 0.0790. The van der Waals surface area contributed by atoms with Gasteiger partial charge in [-0.25, -0.2) is 4.68 Å². The largest absolute Gasteiger partial charge is 0.410 e. The van der Waals surface area contributed by atoms with Crippen LogP contribution < -0.4 is 10.6 Å². The van der Waals surface area contributed by atoms with Crippen LogP contribution in [0.25, 0.3) is 0 Å². The van der Waals surface area contributed by atoms with Crippen LogP contribution in [-0.2, 0) is 12.8 Å². The van der Waals surface area contributed by atoms with Crippen LogP contribution in [0.3, 0.4) is 0 Å². The Kier molecular flexibility index (Phi) is 5.66. The predicted molar refractivity (Wildman–Crippen MR) is 121 cm³/mol. The van der Waals surface area contributed by atoms with Gasteiger partial charge in [0.25, 0.3) is 5.91 Å². The number of amides is 1. The van der Waals surface area contributed by atoms with E-state index in [0.29, 0.717) is 10.6 Å². The van der Waals surface area contributed by atoms with E-state index >= 15 is 0 Å². The molecule has 1 amide bonds. The second-order valence-corrected chi connectivity index (χ2v) is 10.3. The summed E-state index contributed by atoms with van der Waals surface area (Å²) in [6, 6.07) is 4.77. The van der Waals surface area contributed by atoms with Gasteiger partial charge in [-0.2, -0.15) is 23.5 Å². The predicted octanol–water partition coefficient (Wildman–Crippen LogP) is 6.06. The Morgan fingerprint density at radius 1 is 1.30 bits per heavy atom. The summed E-state index contributed by atoms with van der Waals surface area (Å²) in [5, 5.41) is 21.8. The number of aryl methyl sites for hydroxylation is 1. The molecule has 0 bridgehead atoms. The fraction of sp³-hybridized carbons (Fsp3) is 0.409. The van der Waals surface area contributed by atoms with E-state index in [1.807, 2.05) is 5.38 Å². The smallest absolute Gasteiger partial charge is 0.363 e. The summed E-state index contributed by atoms with van der Waals surface area (Å²) in [6.45, 7) is 0. The van der Waals surface area contributed by atoms with Gasteiger partial charge in [-0.05, 0) is 42.7 Å². The number of aromatic nitrogens is 2. The molecule has 0 fully saturated rings. The molecular formula is C22H20F3N5OS2. The van der Waals surface area contributed by atoms with Crippen LogP contribution in [0.4, 0.5) is 24.0 Å². The van der Waals surface area contributed by atoms with Gasteiger partial charge in [0, 0.05) is 22.2 Å². The molecule has 1 aliphatic carbocycles. The van der Waals surface area contributed by atoms with Crippen LogP contribution in [0.15, 0.2) is 23.6 Å². The third-order valence-corrected chi connectivity index (χ3v) is 8.26. The van der Waals surface area contributed by atoms with Crippen molar-refractivity contribution in [2.45, 2.75) is 56.8 Å². The number of anilines is 2.